The lowest BCUT2D eigenvalue weighted by Gasteiger charge is -1.94. The second-order valence-corrected chi connectivity index (χ2v) is 4.98. The number of carboxylic acid groups (broad SMARTS) is 1. The van der Waals surface area contributed by atoms with E-state index in [-0.39, 0.29) is 5.75 Å². The van der Waals surface area contributed by atoms with Gasteiger partial charge in [-0.3, -0.25) is 9.48 Å². The lowest BCUT2D eigenvalue weighted by molar-refractivity contribution is -0.133. The van der Waals surface area contributed by atoms with E-state index in [2.05, 4.69) is 15.2 Å². The molecular formula is C11H15N5O2S. The Balaban J connectivity index is 2.30. The first-order valence-electron chi connectivity index (χ1n) is 5.79. The van der Waals surface area contributed by atoms with Crippen LogP contribution >= 0.6 is 11.8 Å². The first-order chi connectivity index (χ1) is 9.01. The highest BCUT2D eigenvalue weighted by Crippen LogP contribution is 2.23. The first-order valence-corrected chi connectivity index (χ1v) is 6.78. The molecule has 0 unspecified atom stereocenters. The van der Waals surface area contributed by atoms with Crippen LogP contribution in [-0.4, -0.2) is 41.4 Å². The van der Waals surface area contributed by atoms with Crippen LogP contribution in [0.4, 0.5) is 0 Å². The van der Waals surface area contributed by atoms with Gasteiger partial charge in [0, 0.05) is 20.3 Å². The number of hydrogen-bond donors (Lipinski definition) is 1. The Morgan fingerprint density at radius 1 is 1.42 bits per heavy atom. The molecule has 0 aliphatic heterocycles. The SMILES string of the molecule is CCc1nn(C)cc1-c1nc(SCC(=O)O)n(C)n1. The number of carboxylic acids is 1. The predicted molar refractivity (Wildman–Crippen MR) is 70.9 cm³/mol. The summed E-state index contributed by atoms with van der Waals surface area (Å²) in [6.45, 7) is 2.02. The maximum Gasteiger partial charge on any atom is 0.313 e. The summed E-state index contributed by atoms with van der Waals surface area (Å²) in [4.78, 5) is 14.9. The van der Waals surface area contributed by atoms with Crippen molar-refractivity contribution in [2.24, 2.45) is 14.1 Å². The minimum atomic E-state index is -0.870. The van der Waals surface area contributed by atoms with Crippen molar-refractivity contribution in [1.82, 2.24) is 24.5 Å². The zero-order valence-electron chi connectivity index (χ0n) is 11.0. The summed E-state index contributed by atoms with van der Waals surface area (Å²) in [5, 5.41) is 17.9. The zero-order chi connectivity index (χ0) is 14.0. The average Bonchev–Trinajstić information content (AvgIpc) is 2.89. The van der Waals surface area contributed by atoms with Crippen molar-refractivity contribution in [1.29, 1.82) is 0 Å². The van der Waals surface area contributed by atoms with Crippen LogP contribution in [0.15, 0.2) is 11.4 Å². The minimum Gasteiger partial charge on any atom is -0.481 e. The number of hydrogen-bond acceptors (Lipinski definition) is 5. The molecule has 1 N–H and O–H groups in total. The molecule has 19 heavy (non-hydrogen) atoms. The normalized spacial score (nSPS) is 10.9. The Bertz CT molecular complexity index is 604. The van der Waals surface area contributed by atoms with Gasteiger partial charge in [-0.1, -0.05) is 18.7 Å². The molecule has 0 aliphatic carbocycles. The Morgan fingerprint density at radius 2 is 2.16 bits per heavy atom. The van der Waals surface area contributed by atoms with Gasteiger partial charge < -0.3 is 5.11 Å². The van der Waals surface area contributed by atoms with E-state index in [0.717, 1.165) is 29.4 Å². The predicted octanol–water partition coefficient (Wildman–Crippen LogP) is 0.955. The van der Waals surface area contributed by atoms with E-state index < -0.39 is 5.97 Å². The fourth-order valence-corrected chi connectivity index (χ4v) is 2.35. The molecule has 8 heteroatoms. The molecule has 102 valence electrons. The number of carbonyl (C=O) groups is 1. The van der Waals surface area contributed by atoms with Crippen molar-refractivity contribution in [3.05, 3.63) is 11.9 Å². The van der Waals surface area contributed by atoms with Crippen LogP contribution in [0.2, 0.25) is 0 Å². The number of aromatic nitrogens is 5. The molecule has 0 aliphatic rings. The van der Waals surface area contributed by atoms with E-state index in [0.29, 0.717) is 11.0 Å². The molecule has 0 spiro atoms. The van der Waals surface area contributed by atoms with Crippen molar-refractivity contribution < 1.29 is 9.90 Å². The Hall–Kier alpha value is -1.83. The van der Waals surface area contributed by atoms with Crippen molar-refractivity contribution in [3.8, 4) is 11.4 Å². The molecule has 0 fully saturated rings. The van der Waals surface area contributed by atoms with Crippen LogP contribution in [0.1, 0.15) is 12.6 Å². The molecule has 7 nitrogen and oxygen atoms in total. The van der Waals surface area contributed by atoms with Gasteiger partial charge in [0.2, 0.25) is 0 Å². The lowest BCUT2D eigenvalue weighted by Crippen LogP contribution is -2.00. The molecule has 0 saturated carbocycles. The highest BCUT2D eigenvalue weighted by atomic mass is 32.2. The van der Waals surface area contributed by atoms with E-state index in [1.807, 2.05) is 20.2 Å². The summed E-state index contributed by atoms with van der Waals surface area (Å²) in [5.74, 6) is -0.315. The third kappa shape index (κ3) is 2.95. The van der Waals surface area contributed by atoms with Crippen LogP contribution in [-0.2, 0) is 25.3 Å². The molecule has 0 atom stereocenters. The molecule has 2 aromatic rings. The zero-order valence-corrected chi connectivity index (χ0v) is 11.8. The quantitative estimate of drug-likeness (QED) is 0.821. The number of rotatable bonds is 5. The molecule has 0 aromatic carbocycles. The van der Waals surface area contributed by atoms with E-state index in [1.165, 1.54) is 0 Å². The Kier molecular flexibility index (Phi) is 3.89. The molecule has 0 bridgehead atoms. The largest absolute Gasteiger partial charge is 0.481 e. The van der Waals surface area contributed by atoms with Gasteiger partial charge in [-0.2, -0.15) is 10.2 Å². The third-order valence-electron chi connectivity index (χ3n) is 2.53. The maximum absolute atomic E-state index is 10.6. The van der Waals surface area contributed by atoms with Crippen LogP contribution in [0.3, 0.4) is 0 Å². The number of aliphatic carboxylic acids is 1. The molecule has 0 saturated heterocycles. The summed E-state index contributed by atoms with van der Waals surface area (Å²) < 4.78 is 3.32. The summed E-state index contributed by atoms with van der Waals surface area (Å²) in [7, 11) is 3.61. The average molecular weight is 281 g/mol. The van der Waals surface area contributed by atoms with E-state index >= 15 is 0 Å². The van der Waals surface area contributed by atoms with Gasteiger partial charge in [-0.05, 0) is 6.42 Å². The topological polar surface area (TPSA) is 85.8 Å². The molecule has 0 amide bonds. The van der Waals surface area contributed by atoms with Gasteiger partial charge in [0.05, 0.1) is 17.0 Å². The van der Waals surface area contributed by atoms with Crippen molar-refractivity contribution in [2.45, 2.75) is 18.5 Å². The summed E-state index contributed by atoms with van der Waals surface area (Å²) in [6, 6.07) is 0. The fourth-order valence-electron chi connectivity index (χ4n) is 1.72. The minimum absolute atomic E-state index is 0.0281. The number of nitrogens with zero attached hydrogens (tertiary/aromatic N) is 5. The van der Waals surface area contributed by atoms with Crippen LogP contribution in [0.25, 0.3) is 11.4 Å². The van der Waals surface area contributed by atoms with Gasteiger partial charge >= 0.3 is 5.97 Å². The van der Waals surface area contributed by atoms with Gasteiger partial charge in [-0.25, -0.2) is 9.67 Å². The van der Waals surface area contributed by atoms with Crippen molar-refractivity contribution in [3.63, 3.8) is 0 Å². The monoisotopic (exact) mass is 281 g/mol. The van der Waals surface area contributed by atoms with Gasteiger partial charge in [-0.15, -0.1) is 0 Å². The second-order valence-electron chi connectivity index (χ2n) is 4.04. The van der Waals surface area contributed by atoms with Crippen molar-refractivity contribution >= 4 is 17.7 Å². The summed E-state index contributed by atoms with van der Waals surface area (Å²) in [6.07, 6.45) is 2.67. The lowest BCUT2D eigenvalue weighted by atomic mass is 10.2. The molecular weight excluding hydrogens is 266 g/mol. The first kappa shape index (κ1) is 13.6. The maximum atomic E-state index is 10.6. The van der Waals surface area contributed by atoms with Crippen LogP contribution in [0, 0.1) is 0 Å². The smallest absolute Gasteiger partial charge is 0.313 e. The Morgan fingerprint density at radius 3 is 2.79 bits per heavy atom. The van der Waals surface area contributed by atoms with Crippen molar-refractivity contribution in [2.75, 3.05) is 5.75 Å². The molecule has 0 radical (unpaired) electrons. The molecule has 2 heterocycles. The van der Waals surface area contributed by atoms with E-state index in [4.69, 9.17) is 5.11 Å². The van der Waals surface area contributed by atoms with Gasteiger partial charge in [0.15, 0.2) is 11.0 Å². The second kappa shape index (κ2) is 5.43. The van der Waals surface area contributed by atoms with E-state index in [1.54, 1.807) is 16.4 Å². The van der Waals surface area contributed by atoms with E-state index in [9.17, 15) is 4.79 Å². The third-order valence-corrected chi connectivity index (χ3v) is 3.53. The number of thioether (sulfide) groups is 1. The highest BCUT2D eigenvalue weighted by molar-refractivity contribution is 7.99. The molecule has 2 aromatic heterocycles. The van der Waals surface area contributed by atoms with Crippen LogP contribution in [0.5, 0.6) is 0 Å². The summed E-state index contributed by atoms with van der Waals surface area (Å²) in [5.41, 5.74) is 1.82. The summed E-state index contributed by atoms with van der Waals surface area (Å²) >= 11 is 1.15. The Labute approximate surface area is 114 Å². The van der Waals surface area contributed by atoms with Gasteiger partial charge in [0.25, 0.3) is 0 Å². The highest BCUT2D eigenvalue weighted by Gasteiger charge is 2.16. The number of aryl methyl sites for hydroxylation is 3. The fraction of sp³-hybridized carbons (Fsp3) is 0.455. The molecule has 2 rings (SSSR count). The van der Waals surface area contributed by atoms with Crippen LogP contribution < -0.4 is 0 Å². The standard InChI is InChI=1S/C11H15N5O2S/c1-4-8-7(5-15(2)13-8)10-12-11(16(3)14-10)19-6-9(17)18/h5H,4,6H2,1-3H3,(H,17,18). The van der Waals surface area contributed by atoms with Gasteiger partial charge in [0.1, 0.15) is 0 Å².